The summed E-state index contributed by atoms with van der Waals surface area (Å²) in [5.74, 6) is 0. The number of unbranched alkanes of at least 4 members (excludes halogenated alkanes) is 2. The van der Waals surface area contributed by atoms with Crippen LogP contribution in [0.3, 0.4) is 0 Å². The number of fused-ring (bicyclic) bond motifs is 2. The monoisotopic (exact) mass is 281 g/mol. The van der Waals surface area contributed by atoms with Crippen molar-refractivity contribution in [3.8, 4) is 0 Å². The molecule has 2 N–H and O–H groups in total. The summed E-state index contributed by atoms with van der Waals surface area (Å²) in [6, 6.07) is 2.15. The summed E-state index contributed by atoms with van der Waals surface area (Å²) < 4.78 is 0. The average molecular weight is 281 g/mol. The second kappa shape index (κ2) is 6.76. The second-order valence-electron chi connectivity index (χ2n) is 7.38. The van der Waals surface area contributed by atoms with E-state index in [1.807, 2.05) is 0 Å². The molecule has 2 bridgehead atoms. The van der Waals surface area contributed by atoms with Crippen LogP contribution in [0.4, 0.5) is 0 Å². The van der Waals surface area contributed by atoms with Gasteiger partial charge in [-0.2, -0.15) is 0 Å². The maximum absolute atomic E-state index is 6.32. The fourth-order valence-corrected chi connectivity index (χ4v) is 4.64. The number of piperidine rings is 1. The lowest BCUT2D eigenvalue weighted by Crippen LogP contribution is -2.63. The lowest BCUT2D eigenvalue weighted by atomic mass is 9.80. The first-order valence-corrected chi connectivity index (χ1v) is 8.73. The molecule has 20 heavy (non-hydrogen) atoms. The predicted molar refractivity (Wildman–Crippen MR) is 87.0 cm³/mol. The molecule has 0 aromatic rings. The zero-order chi connectivity index (χ0) is 14.8. The van der Waals surface area contributed by atoms with Crippen molar-refractivity contribution in [3.63, 3.8) is 0 Å². The largest absolute Gasteiger partial charge is 0.329 e. The molecule has 2 aliphatic rings. The first-order valence-electron chi connectivity index (χ1n) is 8.73. The Hall–Kier alpha value is -0.120. The number of nitrogens with two attached hydrogens (primary N) is 1. The van der Waals surface area contributed by atoms with Crippen molar-refractivity contribution in [3.05, 3.63) is 0 Å². The summed E-state index contributed by atoms with van der Waals surface area (Å²) in [4.78, 5) is 5.37. The van der Waals surface area contributed by atoms with E-state index in [-0.39, 0.29) is 5.54 Å². The molecule has 3 heteroatoms. The van der Waals surface area contributed by atoms with Crippen molar-refractivity contribution in [1.29, 1.82) is 0 Å². The third-order valence-corrected chi connectivity index (χ3v) is 5.83. The quantitative estimate of drug-likeness (QED) is 0.728. The topological polar surface area (TPSA) is 32.5 Å². The molecule has 118 valence electrons. The van der Waals surface area contributed by atoms with Crippen molar-refractivity contribution in [1.82, 2.24) is 9.80 Å². The molecule has 2 saturated heterocycles. The van der Waals surface area contributed by atoms with Gasteiger partial charge in [0.05, 0.1) is 0 Å². The number of nitrogens with zero attached hydrogens (tertiary/aromatic N) is 2. The standard InChI is InChI=1S/C17H35N3/c1-5-6-7-10-20(14(2)3)17(13-18)11-15-8-9-16(12-17)19(15)4/h14-16H,5-13,18H2,1-4H3. The molecule has 0 aromatic heterocycles. The zero-order valence-corrected chi connectivity index (χ0v) is 14.1. The maximum Gasteiger partial charge on any atom is 0.0364 e. The van der Waals surface area contributed by atoms with Gasteiger partial charge in [0.2, 0.25) is 0 Å². The van der Waals surface area contributed by atoms with Crippen LogP contribution < -0.4 is 5.73 Å². The molecular weight excluding hydrogens is 246 g/mol. The highest BCUT2D eigenvalue weighted by atomic mass is 15.3. The summed E-state index contributed by atoms with van der Waals surface area (Å²) in [5, 5.41) is 0. The van der Waals surface area contributed by atoms with Gasteiger partial charge in [-0.1, -0.05) is 19.8 Å². The van der Waals surface area contributed by atoms with Crippen LogP contribution in [-0.4, -0.2) is 53.6 Å². The fraction of sp³-hybridized carbons (Fsp3) is 1.00. The van der Waals surface area contributed by atoms with Crippen molar-refractivity contribution >= 4 is 0 Å². The Morgan fingerprint density at radius 2 is 1.80 bits per heavy atom. The lowest BCUT2D eigenvalue weighted by Gasteiger charge is -2.52. The summed E-state index contributed by atoms with van der Waals surface area (Å²) in [6.07, 6.45) is 9.28. The predicted octanol–water partition coefficient (Wildman–Crippen LogP) is 2.84. The first-order chi connectivity index (χ1) is 9.54. The highest BCUT2D eigenvalue weighted by Gasteiger charge is 2.49. The van der Waals surface area contributed by atoms with E-state index in [0.717, 1.165) is 18.6 Å². The Morgan fingerprint density at radius 1 is 1.20 bits per heavy atom. The van der Waals surface area contributed by atoms with Crippen LogP contribution in [0.25, 0.3) is 0 Å². The maximum atomic E-state index is 6.32. The van der Waals surface area contributed by atoms with Crippen molar-refractivity contribution in [2.24, 2.45) is 5.73 Å². The van der Waals surface area contributed by atoms with Gasteiger partial charge in [-0.05, 0) is 59.5 Å². The number of hydrogen-bond donors (Lipinski definition) is 1. The minimum atomic E-state index is 0.264. The molecular formula is C17H35N3. The van der Waals surface area contributed by atoms with Crippen LogP contribution in [0.1, 0.15) is 65.7 Å². The molecule has 0 aliphatic carbocycles. The van der Waals surface area contributed by atoms with Gasteiger partial charge in [-0.3, -0.25) is 4.90 Å². The SMILES string of the molecule is CCCCCN(C(C)C)C1(CN)CC2CCC(C1)N2C. The van der Waals surface area contributed by atoms with E-state index < -0.39 is 0 Å². The Balaban J connectivity index is 2.11. The van der Waals surface area contributed by atoms with E-state index in [1.54, 1.807) is 0 Å². The molecule has 2 unspecified atom stereocenters. The van der Waals surface area contributed by atoms with Crippen LogP contribution in [0.2, 0.25) is 0 Å². The Bertz CT molecular complexity index is 289. The summed E-state index contributed by atoms with van der Waals surface area (Å²) in [7, 11) is 2.32. The van der Waals surface area contributed by atoms with Crippen LogP contribution in [0.5, 0.6) is 0 Å². The third-order valence-electron chi connectivity index (χ3n) is 5.83. The molecule has 0 saturated carbocycles. The van der Waals surface area contributed by atoms with E-state index in [2.05, 4.69) is 37.6 Å². The van der Waals surface area contributed by atoms with Gasteiger partial charge in [0.25, 0.3) is 0 Å². The van der Waals surface area contributed by atoms with Crippen molar-refractivity contribution < 1.29 is 0 Å². The molecule has 0 aromatic carbocycles. The molecule has 2 atom stereocenters. The van der Waals surface area contributed by atoms with Gasteiger partial charge >= 0.3 is 0 Å². The zero-order valence-electron chi connectivity index (χ0n) is 14.1. The van der Waals surface area contributed by atoms with Gasteiger partial charge in [-0.25, -0.2) is 0 Å². The van der Waals surface area contributed by atoms with Gasteiger partial charge in [0.1, 0.15) is 0 Å². The minimum absolute atomic E-state index is 0.264. The van der Waals surface area contributed by atoms with Crippen molar-refractivity contribution in [2.45, 2.75) is 89.4 Å². The summed E-state index contributed by atoms with van der Waals surface area (Å²) in [5.41, 5.74) is 6.58. The summed E-state index contributed by atoms with van der Waals surface area (Å²) in [6.45, 7) is 9.05. The molecule has 0 spiro atoms. The normalized spacial score (nSPS) is 34.4. The highest BCUT2D eigenvalue weighted by Crippen LogP contribution is 2.43. The van der Waals surface area contributed by atoms with Gasteiger partial charge in [0, 0.05) is 30.2 Å². The smallest absolute Gasteiger partial charge is 0.0364 e. The minimum Gasteiger partial charge on any atom is -0.329 e. The van der Waals surface area contributed by atoms with E-state index in [1.165, 1.54) is 51.5 Å². The van der Waals surface area contributed by atoms with Gasteiger partial charge in [-0.15, -0.1) is 0 Å². The average Bonchev–Trinajstić information content (AvgIpc) is 2.66. The van der Waals surface area contributed by atoms with Crippen LogP contribution >= 0.6 is 0 Å². The molecule has 0 radical (unpaired) electrons. The fourth-order valence-electron chi connectivity index (χ4n) is 4.64. The van der Waals surface area contributed by atoms with Crippen LogP contribution in [-0.2, 0) is 0 Å². The van der Waals surface area contributed by atoms with E-state index in [9.17, 15) is 0 Å². The third kappa shape index (κ3) is 3.05. The molecule has 3 nitrogen and oxygen atoms in total. The van der Waals surface area contributed by atoms with E-state index >= 15 is 0 Å². The van der Waals surface area contributed by atoms with Crippen LogP contribution in [0.15, 0.2) is 0 Å². The molecule has 0 amide bonds. The van der Waals surface area contributed by atoms with Crippen molar-refractivity contribution in [2.75, 3.05) is 20.1 Å². The number of rotatable bonds is 7. The molecule has 2 fully saturated rings. The lowest BCUT2D eigenvalue weighted by molar-refractivity contribution is -0.0176. The highest BCUT2D eigenvalue weighted by molar-refractivity contribution is 5.07. The first kappa shape index (κ1) is 16.3. The summed E-state index contributed by atoms with van der Waals surface area (Å²) >= 11 is 0. The Morgan fingerprint density at radius 3 is 2.25 bits per heavy atom. The van der Waals surface area contributed by atoms with E-state index in [0.29, 0.717) is 6.04 Å². The molecule has 2 heterocycles. The Labute approximate surface area is 125 Å². The second-order valence-corrected chi connectivity index (χ2v) is 7.38. The Kier molecular flexibility index (Phi) is 5.49. The van der Waals surface area contributed by atoms with Gasteiger partial charge in [0.15, 0.2) is 0 Å². The van der Waals surface area contributed by atoms with Gasteiger partial charge < -0.3 is 10.6 Å². The van der Waals surface area contributed by atoms with E-state index in [4.69, 9.17) is 5.73 Å². The molecule has 2 rings (SSSR count). The number of hydrogen-bond acceptors (Lipinski definition) is 3. The molecule has 2 aliphatic heterocycles. The van der Waals surface area contributed by atoms with Crippen LogP contribution in [0, 0.1) is 0 Å².